The molecule has 0 saturated heterocycles. The summed E-state index contributed by atoms with van der Waals surface area (Å²) in [4.78, 5) is 33.3. The number of ether oxygens (including phenoxy) is 2. The quantitative estimate of drug-likeness (QED) is 0.207. The van der Waals surface area contributed by atoms with E-state index in [9.17, 15) is 14.0 Å². The first-order valence-corrected chi connectivity index (χ1v) is 16.2. The highest BCUT2D eigenvalue weighted by molar-refractivity contribution is 9.10. The third-order valence-corrected chi connectivity index (χ3v) is 10.1. The van der Waals surface area contributed by atoms with Crippen LogP contribution in [-0.4, -0.2) is 35.1 Å². The van der Waals surface area contributed by atoms with Gasteiger partial charge in [-0.1, -0.05) is 46.3 Å². The monoisotopic (exact) mass is 672 g/mol. The Morgan fingerprint density at radius 1 is 1.00 bits per heavy atom. The van der Waals surface area contributed by atoms with Crippen molar-refractivity contribution in [2.75, 3.05) is 7.11 Å². The normalized spacial score (nSPS) is 22.7. The largest absolute Gasteiger partial charge is 0.496 e. The molecule has 1 atom stereocenters. The van der Waals surface area contributed by atoms with Crippen LogP contribution in [0.15, 0.2) is 71.2 Å². The molecule has 3 fully saturated rings. The van der Waals surface area contributed by atoms with Gasteiger partial charge < -0.3 is 14.8 Å². The Bertz CT molecular complexity index is 1790. The molecule has 0 radical (unpaired) electrons. The number of rotatable bonds is 6. The van der Waals surface area contributed by atoms with Crippen LogP contribution >= 0.6 is 15.9 Å². The molecule has 6 nitrogen and oxygen atoms in total. The molecule has 2 bridgehead atoms. The molecule has 3 aliphatic rings. The summed E-state index contributed by atoms with van der Waals surface area (Å²) in [6, 6.07) is 20.1. The van der Waals surface area contributed by atoms with E-state index in [-0.39, 0.29) is 17.8 Å². The molecule has 45 heavy (non-hydrogen) atoms. The van der Waals surface area contributed by atoms with Gasteiger partial charge in [-0.05, 0) is 102 Å². The van der Waals surface area contributed by atoms with E-state index in [2.05, 4.69) is 21.2 Å². The van der Waals surface area contributed by atoms with Gasteiger partial charge in [0.15, 0.2) is 0 Å². The summed E-state index contributed by atoms with van der Waals surface area (Å²) in [6.07, 6.45) is 2.62. The minimum absolute atomic E-state index is 0.220. The van der Waals surface area contributed by atoms with E-state index in [1.165, 1.54) is 12.1 Å². The molecule has 1 heterocycles. The zero-order valence-electron chi connectivity index (χ0n) is 26.3. The van der Waals surface area contributed by atoms with E-state index < -0.39 is 22.4 Å². The molecule has 1 N–H and O–H groups in total. The number of aromatic nitrogens is 1. The Morgan fingerprint density at radius 2 is 1.71 bits per heavy atom. The summed E-state index contributed by atoms with van der Waals surface area (Å²) in [5, 5.41) is 4.22. The number of fused-ring (bicyclic) bond motifs is 4. The summed E-state index contributed by atoms with van der Waals surface area (Å²) in [7, 11) is 1.56. The van der Waals surface area contributed by atoms with Gasteiger partial charge in [-0.2, -0.15) is 0 Å². The van der Waals surface area contributed by atoms with Crippen molar-refractivity contribution in [3.63, 3.8) is 0 Å². The van der Waals surface area contributed by atoms with Crippen LogP contribution in [-0.2, 0) is 9.53 Å². The lowest BCUT2D eigenvalue weighted by molar-refractivity contribution is -0.176. The van der Waals surface area contributed by atoms with Crippen LogP contribution in [0.1, 0.15) is 80.3 Å². The fraction of sp³-hybridized carbons (Fsp3) is 0.378. The molecule has 1 amide bonds. The number of carbonyl (C=O) groups is 2. The van der Waals surface area contributed by atoms with Crippen molar-refractivity contribution in [3.05, 3.63) is 93.7 Å². The number of benzene rings is 3. The van der Waals surface area contributed by atoms with Crippen molar-refractivity contribution in [2.24, 2.45) is 5.41 Å². The highest BCUT2D eigenvalue weighted by Gasteiger charge is 2.60. The number of amides is 1. The number of nitrogens with one attached hydrogen (secondary N) is 1. The van der Waals surface area contributed by atoms with Crippen molar-refractivity contribution in [1.82, 2.24) is 10.3 Å². The van der Waals surface area contributed by atoms with E-state index in [1.807, 2.05) is 76.2 Å². The average Bonchev–Trinajstić information content (AvgIpc) is 3.00. The van der Waals surface area contributed by atoms with Crippen LogP contribution in [0.2, 0.25) is 0 Å². The highest BCUT2D eigenvalue weighted by atomic mass is 79.9. The van der Waals surface area contributed by atoms with Crippen LogP contribution in [0.5, 0.6) is 5.75 Å². The van der Waals surface area contributed by atoms with E-state index in [1.54, 1.807) is 13.2 Å². The molecule has 3 saturated carbocycles. The Kier molecular flexibility index (Phi) is 8.00. The van der Waals surface area contributed by atoms with E-state index in [4.69, 9.17) is 14.5 Å². The molecule has 3 aliphatic carbocycles. The maximum atomic E-state index is 14.8. The van der Waals surface area contributed by atoms with Gasteiger partial charge in [-0.3, -0.25) is 9.59 Å². The maximum absolute atomic E-state index is 14.8. The van der Waals surface area contributed by atoms with Crippen molar-refractivity contribution in [3.8, 4) is 17.0 Å². The Labute approximate surface area is 271 Å². The van der Waals surface area contributed by atoms with E-state index >= 15 is 0 Å². The number of hydrogen-bond acceptors (Lipinski definition) is 5. The van der Waals surface area contributed by atoms with Gasteiger partial charge in [0.05, 0.1) is 29.3 Å². The zero-order chi connectivity index (χ0) is 32.1. The molecule has 1 aromatic heterocycles. The number of pyridine rings is 1. The van der Waals surface area contributed by atoms with Gasteiger partial charge in [-0.25, -0.2) is 9.37 Å². The molecule has 0 spiro atoms. The minimum atomic E-state index is -0.733. The van der Waals surface area contributed by atoms with Crippen molar-refractivity contribution >= 4 is 38.7 Å². The average molecular weight is 674 g/mol. The summed E-state index contributed by atoms with van der Waals surface area (Å²) < 4.78 is 27.3. The maximum Gasteiger partial charge on any atom is 0.312 e. The molecular weight excluding hydrogens is 635 g/mol. The molecule has 4 aromatic rings. The van der Waals surface area contributed by atoms with Gasteiger partial charge >= 0.3 is 5.97 Å². The predicted octanol–water partition coefficient (Wildman–Crippen LogP) is 8.68. The van der Waals surface area contributed by atoms with Crippen LogP contribution in [0.4, 0.5) is 4.39 Å². The van der Waals surface area contributed by atoms with Crippen molar-refractivity contribution < 1.29 is 23.5 Å². The first kappa shape index (κ1) is 31.2. The number of carbonyl (C=O) groups excluding carboxylic acids is 2. The predicted molar refractivity (Wildman–Crippen MR) is 177 cm³/mol. The van der Waals surface area contributed by atoms with Crippen LogP contribution in [0.3, 0.4) is 0 Å². The Balaban J connectivity index is 1.46. The van der Waals surface area contributed by atoms with Gasteiger partial charge in [-0.15, -0.1) is 0 Å². The van der Waals surface area contributed by atoms with E-state index in [0.29, 0.717) is 54.5 Å². The topological polar surface area (TPSA) is 77.5 Å². The SMILES string of the molecule is COc1ccc(F)cc1C1CC2(C(=O)OC(C)(C)C)CCC1(NC(=O)c1c(C)c(-c3ccccc3)nc3ccc(Br)cc13)CC2. The summed E-state index contributed by atoms with van der Waals surface area (Å²) >= 11 is 3.58. The molecule has 1 unspecified atom stereocenters. The fourth-order valence-electron chi connectivity index (χ4n) is 7.37. The second kappa shape index (κ2) is 11.5. The first-order valence-electron chi connectivity index (χ1n) is 15.4. The zero-order valence-corrected chi connectivity index (χ0v) is 27.9. The molecule has 3 aromatic carbocycles. The number of esters is 1. The summed E-state index contributed by atoms with van der Waals surface area (Å²) in [5.41, 5.74) is 2.25. The minimum Gasteiger partial charge on any atom is -0.496 e. The number of hydrogen-bond donors (Lipinski definition) is 1. The van der Waals surface area contributed by atoms with Crippen molar-refractivity contribution in [2.45, 2.75) is 76.9 Å². The molecule has 234 valence electrons. The molecular formula is C37H38BrFN2O4. The van der Waals surface area contributed by atoms with Gasteiger partial charge in [0.2, 0.25) is 0 Å². The van der Waals surface area contributed by atoms with Crippen molar-refractivity contribution in [1.29, 1.82) is 0 Å². The Hall–Kier alpha value is -3.78. The fourth-order valence-corrected chi connectivity index (χ4v) is 7.73. The third-order valence-electron chi connectivity index (χ3n) is 9.59. The van der Waals surface area contributed by atoms with Gasteiger partial charge in [0.25, 0.3) is 5.91 Å². The summed E-state index contributed by atoms with van der Waals surface area (Å²) in [6.45, 7) is 7.54. The second-order valence-corrected chi connectivity index (χ2v) is 14.4. The third kappa shape index (κ3) is 5.73. The highest BCUT2D eigenvalue weighted by Crippen LogP contribution is 2.60. The van der Waals surface area contributed by atoms with Crippen LogP contribution in [0.25, 0.3) is 22.2 Å². The lowest BCUT2D eigenvalue weighted by Crippen LogP contribution is -2.62. The molecule has 8 heteroatoms. The van der Waals surface area contributed by atoms with E-state index in [0.717, 1.165) is 26.7 Å². The van der Waals surface area contributed by atoms with Crippen LogP contribution in [0, 0.1) is 18.2 Å². The molecule has 0 aliphatic heterocycles. The second-order valence-electron chi connectivity index (χ2n) is 13.5. The summed E-state index contributed by atoms with van der Waals surface area (Å²) in [5.74, 6) is -0.697. The number of methoxy groups -OCH3 is 1. The number of nitrogens with zero attached hydrogens (tertiary/aromatic N) is 1. The molecule has 7 rings (SSSR count). The van der Waals surface area contributed by atoms with Gasteiger partial charge in [0, 0.05) is 32.4 Å². The Morgan fingerprint density at radius 3 is 2.38 bits per heavy atom. The lowest BCUT2D eigenvalue weighted by atomic mass is 9.51. The lowest BCUT2D eigenvalue weighted by Gasteiger charge is -2.57. The van der Waals surface area contributed by atoms with Gasteiger partial charge in [0.1, 0.15) is 17.2 Å². The number of halogens is 2. The van der Waals surface area contributed by atoms with Crippen LogP contribution < -0.4 is 10.1 Å². The standard InChI is InChI=1S/C37H38BrFN2O4/c1-22-31(27-19-24(38)11-13-29(27)40-32(22)23-9-7-6-8-10-23)33(42)41-37-17-15-36(16-18-37,34(43)45-35(2,3)4)21-28(37)26-20-25(39)12-14-30(26)44-5/h6-14,19-20,28H,15-18,21H2,1-5H3,(H,41,42). The first-order chi connectivity index (χ1) is 21.3. The smallest absolute Gasteiger partial charge is 0.312 e.